The van der Waals surface area contributed by atoms with Crippen molar-refractivity contribution in [2.75, 3.05) is 33.2 Å². The van der Waals surface area contributed by atoms with E-state index in [1.807, 2.05) is 7.05 Å². The van der Waals surface area contributed by atoms with Crippen molar-refractivity contribution in [3.63, 3.8) is 0 Å². The van der Waals surface area contributed by atoms with Crippen LogP contribution in [0.2, 0.25) is 0 Å². The number of nitrogens with one attached hydrogen (secondary N) is 1. The van der Waals surface area contributed by atoms with E-state index in [1.165, 1.54) is 44.5 Å². The van der Waals surface area contributed by atoms with Crippen LogP contribution in [-0.4, -0.2) is 38.1 Å². The number of benzene rings is 1. The normalized spacial score (nSPS) is 20.9. The van der Waals surface area contributed by atoms with E-state index in [0.717, 1.165) is 12.5 Å². The highest BCUT2D eigenvalue weighted by Gasteiger charge is 2.21. The Morgan fingerprint density at radius 3 is 2.88 bits per heavy atom. The molecule has 94 valence electrons. The number of hydrogen-bond acceptors (Lipinski definition) is 2. The maximum atomic E-state index is 3.25. The molecule has 1 atom stereocenters. The Kier molecular flexibility index (Phi) is 5.02. The summed E-state index contributed by atoms with van der Waals surface area (Å²) in [7, 11) is 2.04. The smallest absolute Gasteiger partial charge is 0.00219 e. The van der Waals surface area contributed by atoms with Crippen LogP contribution in [0.5, 0.6) is 0 Å². The second kappa shape index (κ2) is 6.77. The molecule has 2 nitrogen and oxygen atoms in total. The van der Waals surface area contributed by atoms with Crippen molar-refractivity contribution >= 4 is 0 Å². The van der Waals surface area contributed by atoms with E-state index in [1.54, 1.807) is 0 Å². The third-order valence-corrected chi connectivity index (χ3v) is 3.73. The Hall–Kier alpha value is -0.860. The topological polar surface area (TPSA) is 15.3 Å². The molecule has 1 fully saturated rings. The molecule has 1 aromatic rings. The van der Waals surface area contributed by atoms with Crippen molar-refractivity contribution in [1.29, 1.82) is 0 Å². The predicted octanol–water partition coefficient (Wildman–Crippen LogP) is 2.16. The molecule has 0 aliphatic carbocycles. The number of rotatable bonds is 6. The van der Waals surface area contributed by atoms with E-state index in [9.17, 15) is 0 Å². The van der Waals surface area contributed by atoms with Gasteiger partial charge in [0.05, 0.1) is 0 Å². The number of hydrogen-bond donors (Lipinski definition) is 1. The third kappa shape index (κ3) is 4.14. The molecule has 1 heterocycles. The zero-order valence-corrected chi connectivity index (χ0v) is 10.9. The first kappa shape index (κ1) is 12.6. The molecular weight excluding hydrogens is 208 g/mol. The summed E-state index contributed by atoms with van der Waals surface area (Å²) in [6, 6.07) is 10.8. The molecule has 1 aromatic carbocycles. The van der Waals surface area contributed by atoms with Crippen LogP contribution in [-0.2, 0) is 6.42 Å². The van der Waals surface area contributed by atoms with Crippen molar-refractivity contribution in [2.24, 2.45) is 5.92 Å². The molecule has 1 unspecified atom stereocenters. The highest BCUT2D eigenvalue weighted by atomic mass is 15.1. The van der Waals surface area contributed by atoms with Gasteiger partial charge in [-0.1, -0.05) is 30.3 Å². The SMILES string of the molecule is CNCCC1CCN(CCc2ccccc2)C1. The molecule has 0 spiro atoms. The Morgan fingerprint density at radius 1 is 1.29 bits per heavy atom. The van der Waals surface area contributed by atoms with Crippen molar-refractivity contribution in [3.8, 4) is 0 Å². The maximum absolute atomic E-state index is 3.25. The molecule has 0 amide bonds. The minimum Gasteiger partial charge on any atom is -0.320 e. The van der Waals surface area contributed by atoms with Gasteiger partial charge in [-0.15, -0.1) is 0 Å². The summed E-state index contributed by atoms with van der Waals surface area (Å²) < 4.78 is 0. The monoisotopic (exact) mass is 232 g/mol. The minimum atomic E-state index is 0.915. The summed E-state index contributed by atoms with van der Waals surface area (Å²) in [5.41, 5.74) is 1.46. The van der Waals surface area contributed by atoms with Crippen molar-refractivity contribution < 1.29 is 0 Å². The fourth-order valence-corrected chi connectivity index (χ4v) is 2.63. The largest absolute Gasteiger partial charge is 0.320 e. The molecule has 0 saturated carbocycles. The zero-order chi connectivity index (χ0) is 11.9. The van der Waals surface area contributed by atoms with Crippen molar-refractivity contribution in [1.82, 2.24) is 10.2 Å². The van der Waals surface area contributed by atoms with E-state index >= 15 is 0 Å². The van der Waals surface area contributed by atoms with E-state index in [2.05, 4.69) is 40.5 Å². The van der Waals surface area contributed by atoms with Crippen LogP contribution >= 0.6 is 0 Å². The summed E-state index contributed by atoms with van der Waals surface area (Å²) in [5.74, 6) is 0.915. The van der Waals surface area contributed by atoms with Gasteiger partial charge in [0.2, 0.25) is 0 Å². The van der Waals surface area contributed by atoms with Crippen LogP contribution in [0, 0.1) is 5.92 Å². The molecule has 2 rings (SSSR count). The Morgan fingerprint density at radius 2 is 2.12 bits per heavy atom. The Balaban J connectivity index is 1.68. The Bertz CT molecular complexity index is 310. The first-order valence-corrected chi connectivity index (χ1v) is 6.79. The fraction of sp³-hybridized carbons (Fsp3) is 0.600. The van der Waals surface area contributed by atoms with Gasteiger partial charge in [0.1, 0.15) is 0 Å². The lowest BCUT2D eigenvalue weighted by molar-refractivity contribution is 0.324. The first-order valence-electron chi connectivity index (χ1n) is 6.79. The standard InChI is InChI=1S/C15H24N2/c1-16-10-7-15-9-12-17(13-15)11-8-14-5-3-2-4-6-14/h2-6,15-16H,7-13H2,1H3. The second-order valence-electron chi connectivity index (χ2n) is 5.08. The highest BCUT2D eigenvalue weighted by molar-refractivity contribution is 5.14. The van der Waals surface area contributed by atoms with E-state index < -0.39 is 0 Å². The van der Waals surface area contributed by atoms with Gasteiger partial charge in [0, 0.05) is 13.1 Å². The van der Waals surface area contributed by atoms with Crippen LogP contribution in [0.1, 0.15) is 18.4 Å². The number of likely N-dealkylation sites (tertiary alicyclic amines) is 1. The van der Waals surface area contributed by atoms with Gasteiger partial charge in [-0.2, -0.15) is 0 Å². The minimum absolute atomic E-state index is 0.915. The third-order valence-electron chi connectivity index (χ3n) is 3.73. The van der Waals surface area contributed by atoms with Crippen molar-refractivity contribution in [2.45, 2.75) is 19.3 Å². The summed E-state index contributed by atoms with van der Waals surface area (Å²) in [6.45, 7) is 4.98. The summed E-state index contributed by atoms with van der Waals surface area (Å²) in [5, 5.41) is 3.25. The van der Waals surface area contributed by atoms with Gasteiger partial charge in [0.25, 0.3) is 0 Å². The summed E-state index contributed by atoms with van der Waals surface area (Å²) >= 11 is 0. The van der Waals surface area contributed by atoms with Crippen LogP contribution < -0.4 is 5.32 Å². The van der Waals surface area contributed by atoms with E-state index in [-0.39, 0.29) is 0 Å². The molecule has 1 saturated heterocycles. The quantitative estimate of drug-likeness (QED) is 0.808. The molecule has 1 aliphatic rings. The first-order chi connectivity index (χ1) is 8.38. The highest BCUT2D eigenvalue weighted by Crippen LogP contribution is 2.19. The van der Waals surface area contributed by atoms with E-state index in [0.29, 0.717) is 0 Å². The van der Waals surface area contributed by atoms with E-state index in [4.69, 9.17) is 0 Å². The van der Waals surface area contributed by atoms with Crippen LogP contribution in [0.25, 0.3) is 0 Å². The lowest BCUT2D eigenvalue weighted by Crippen LogP contribution is -2.24. The van der Waals surface area contributed by atoms with Crippen molar-refractivity contribution in [3.05, 3.63) is 35.9 Å². The van der Waals surface area contributed by atoms with Gasteiger partial charge in [-0.25, -0.2) is 0 Å². The predicted molar refractivity (Wildman–Crippen MR) is 73.2 cm³/mol. The molecule has 0 radical (unpaired) electrons. The van der Waals surface area contributed by atoms with Crippen LogP contribution in [0.3, 0.4) is 0 Å². The number of nitrogens with zero attached hydrogens (tertiary/aromatic N) is 1. The van der Waals surface area contributed by atoms with Gasteiger partial charge in [-0.05, 0) is 50.9 Å². The second-order valence-corrected chi connectivity index (χ2v) is 5.08. The molecule has 1 N–H and O–H groups in total. The maximum Gasteiger partial charge on any atom is 0.00219 e. The van der Waals surface area contributed by atoms with Crippen LogP contribution in [0.4, 0.5) is 0 Å². The van der Waals surface area contributed by atoms with Gasteiger partial charge in [0.15, 0.2) is 0 Å². The average Bonchev–Trinajstić information content (AvgIpc) is 2.83. The molecular formula is C15H24N2. The lowest BCUT2D eigenvalue weighted by Gasteiger charge is -2.15. The molecule has 0 bridgehead atoms. The molecule has 0 aromatic heterocycles. The zero-order valence-electron chi connectivity index (χ0n) is 10.9. The van der Waals surface area contributed by atoms with Gasteiger partial charge in [-0.3, -0.25) is 0 Å². The van der Waals surface area contributed by atoms with Gasteiger partial charge >= 0.3 is 0 Å². The summed E-state index contributed by atoms with van der Waals surface area (Å²) in [4.78, 5) is 2.62. The average molecular weight is 232 g/mol. The molecule has 2 heteroatoms. The van der Waals surface area contributed by atoms with Crippen LogP contribution in [0.15, 0.2) is 30.3 Å². The molecule has 17 heavy (non-hydrogen) atoms. The fourth-order valence-electron chi connectivity index (χ4n) is 2.63. The lowest BCUT2D eigenvalue weighted by atomic mass is 10.1. The van der Waals surface area contributed by atoms with Gasteiger partial charge < -0.3 is 10.2 Å². The Labute approximate surface area is 105 Å². The summed E-state index contributed by atoms with van der Waals surface area (Å²) in [6.07, 6.45) is 3.91. The molecule has 1 aliphatic heterocycles.